The van der Waals surface area contributed by atoms with E-state index in [0.29, 0.717) is 16.7 Å². The number of hydrogen-bond donors (Lipinski definition) is 1. The second-order valence-corrected chi connectivity index (χ2v) is 3.18. The van der Waals surface area contributed by atoms with Crippen LogP contribution in [-0.4, -0.2) is 14.9 Å². The Hall–Kier alpha value is -0.700. The van der Waals surface area contributed by atoms with E-state index >= 15 is 0 Å². The lowest BCUT2D eigenvalue weighted by molar-refractivity contribution is 0.169. The van der Waals surface area contributed by atoms with Crippen LogP contribution in [0.4, 0.5) is 0 Å². The zero-order chi connectivity index (χ0) is 9.14. The van der Waals surface area contributed by atoms with Gasteiger partial charge in [0, 0.05) is 6.42 Å². The third-order valence-corrected chi connectivity index (χ3v) is 2.20. The first-order valence-corrected chi connectivity index (χ1v) is 4.47. The SMILES string of the molecule is CCCCc1nc(Cl)c(C)n1O. The highest BCUT2D eigenvalue weighted by Crippen LogP contribution is 2.15. The molecule has 0 amide bonds. The van der Waals surface area contributed by atoms with Crippen molar-refractivity contribution in [3.05, 3.63) is 16.7 Å². The lowest BCUT2D eigenvalue weighted by Crippen LogP contribution is -2.00. The molecule has 0 aliphatic heterocycles. The van der Waals surface area contributed by atoms with Gasteiger partial charge in [0.05, 0.1) is 5.69 Å². The van der Waals surface area contributed by atoms with Crippen LogP contribution in [0.5, 0.6) is 0 Å². The Morgan fingerprint density at radius 3 is 2.67 bits per heavy atom. The molecule has 0 aliphatic carbocycles. The van der Waals surface area contributed by atoms with Crippen LogP contribution in [0.2, 0.25) is 5.15 Å². The summed E-state index contributed by atoms with van der Waals surface area (Å²) in [6.45, 7) is 3.84. The molecule has 0 unspecified atom stereocenters. The Morgan fingerprint density at radius 1 is 1.58 bits per heavy atom. The van der Waals surface area contributed by atoms with Crippen LogP contribution >= 0.6 is 11.6 Å². The zero-order valence-electron chi connectivity index (χ0n) is 7.34. The molecular weight excluding hydrogens is 176 g/mol. The highest BCUT2D eigenvalue weighted by Gasteiger charge is 2.09. The normalized spacial score (nSPS) is 10.6. The smallest absolute Gasteiger partial charge is 0.153 e. The minimum absolute atomic E-state index is 0.392. The van der Waals surface area contributed by atoms with E-state index in [9.17, 15) is 5.21 Å². The Kier molecular flexibility index (Phi) is 2.98. The molecule has 0 aliphatic rings. The van der Waals surface area contributed by atoms with Gasteiger partial charge in [0.25, 0.3) is 0 Å². The summed E-state index contributed by atoms with van der Waals surface area (Å²) in [6.07, 6.45) is 2.89. The fourth-order valence-electron chi connectivity index (χ4n) is 1.02. The molecule has 1 aromatic rings. The molecule has 0 atom stereocenters. The van der Waals surface area contributed by atoms with Crippen molar-refractivity contribution in [2.24, 2.45) is 0 Å². The van der Waals surface area contributed by atoms with Gasteiger partial charge in [-0.3, -0.25) is 0 Å². The third-order valence-electron chi connectivity index (χ3n) is 1.84. The Balaban J connectivity index is 2.79. The van der Waals surface area contributed by atoms with Crippen LogP contribution in [0.1, 0.15) is 31.3 Å². The van der Waals surface area contributed by atoms with Crippen LogP contribution in [0, 0.1) is 6.92 Å². The maximum absolute atomic E-state index is 9.41. The van der Waals surface area contributed by atoms with Gasteiger partial charge < -0.3 is 5.21 Å². The van der Waals surface area contributed by atoms with Gasteiger partial charge in [-0.1, -0.05) is 24.9 Å². The first-order valence-electron chi connectivity index (χ1n) is 4.09. The second kappa shape index (κ2) is 3.81. The van der Waals surface area contributed by atoms with Crippen molar-refractivity contribution >= 4 is 11.6 Å². The lowest BCUT2D eigenvalue weighted by Gasteiger charge is -1.98. The average molecular weight is 189 g/mol. The van der Waals surface area contributed by atoms with E-state index in [1.54, 1.807) is 6.92 Å². The van der Waals surface area contributed by atoms with Crippen molar-refractivity contribution in [3.63, 3.8) is 0 Å². The van der Waals surface area contributed by atoms with Gasteiger partial charge in [-0.05, 0) is 13.3 Å². The Labute approximate surface area is 76.9 Å². The van der Waals surface area contributed by atoms with Gasteiger partial charge in [0.1, 0.15) is 5.82 Å². The van der Waals surface area contributed by atoms with Crippen LogP contribution in [-0.2, 0) is 6.42 Å². The molecule has 0 bridgehead atoms. The summed E-state index contributed by atoms with van der Waals surface area (Å²) in [5.74, 6) is 0.652. The second-order valence-electron chi connectivity index (χ2n) is 2.82. The fourth-order valence-corrected chi connectivity index (χ4v) is 1.20. The number of hydrogen-bond acceptors (Lipinski definition) is 2. The van der Waals surface area contributed by atoms with Crippen molar-refractivity contribution in [3.8, 4) is 0 Å². The molecular formula is C8H13ClN2O. The molecule has 1 rings (SSSR count). The third kappa shape index (κ3) is 1.72. The summed E-state index contributed by atoms with van der Waals surface area (Å²) in [5.41, 5.74) is 0.614. The van der Waals surface area contributed by atoms with E-state index in [0.717, 1.165) is 24.0 Å². The van der Waals surface area contributed by atoms with E-state index in [1.807, 2.05) is 0 Å². The Morgan fingerprint density at radius 2 is 2.25 bits per heavy atom. The molecule has 1 heterocycles. The van der Waals surface area contributed by atoms with Gasteiger partial charge in [-0.25, -0.2) is 4.98 Å². The number of rotatable bonds is 3. The fraction of sp³-hybridized carbons (Fsp3) is 0.625. The largest absolute Gasteiger partial charge is 0.427 e. The monoisotopic (exact) mass is 188 g/mol. The minimum Gasteiger partial charge on any atom is -0.427 e. The van der Waals surface area contributed by atoms with E-state index in [1.165, 1.54) is 0 Å². The molecule has 0 saturated carbocycles. The van der Waals surface area contributed by atoms with Gasteiger partial charge in [0.2, 0.25) is 0 Å². The van der Waals surface area contributed by atoms with Crippen molar-refractivity contribution in [2.45, 2.75) is 33.1 Å². The maximum Gasteiger partial charge on any atom is 0.153 e. The summed E-state index contributed by atoms with van der Waals surface area (Å²) in [5, 5.41) is 9.81. The topological polar surface area (TPSA) is 38.0 Å². The van der Waals surface area contributed by atoms with Crippen molar-refractivity contribution in [1.29, 1.82) is 0 Å². The van der Waals surface area contributed by atoms with Gasteiger partial charge in [-0.15, -0.1) is 0 Å². The van der Waals surface area contributed by atoms with Crippen LogP contribution < -0.4 is 0 Å². The van der Waals surface area contributed by atoms with Gasteiger partial charge in [0.15, 0.2) is 5.15 Å². The first-order chi connectivity index (χ1) is 5.66. The number of aryl methyl sites for hydroxylation is 1. The van der Waals surface area contributed by atoms with E-state index in [4.69, 9.17) is 11.6 Å². The summed E-state index contributed by atoms with van der Waals surface area (Å²) in [4.78, 5) is 4.03. The molecule has 12 heavy (non-hydrogen) atoms. The molecule has 3 nitrogen and oxygen atoms in total. The molecule has 0 fully saturated rings. The van der Waals surface area contributed by atoms with Gasteiger partial charge in [-0.2, -0.15) is 4.73 Å². The standard InChI is InChI=1S/C8H13ClN2O/c1-3-4-5-7-10-8(9)6(2)11(7)12/h12H,3-5H2,1-2H3. The zero-order valence-corrected chi connectivity index (χ0v) is 8.10. The minimum atomic E-state index is 0.392. The summed E-state index contributed by atoms with van der Waals surface area (Å²) < 4.78 is 1.07. The number of imidazole rings is 1. The van der Waals surface area contributed by atoms with Crippen molar-refractivity contribution < 1.29 is 5.21 Å². The van der Waals surface area contributed by atoms with Crippen molar-refractivity contribution in [2.75, 3.05) is 0 Å². The Bertz CT molecular complexity index is 270. The number of halogens is 1. The summed E-state index contributed by atoms with van der Waals surface area (Å²) in [7, 11) is 0. The maximum atomic E-state index is 9.41. The van der Waals surface area contributed by atoms with E-state index in [2.05, 4.69) is 11.9 Å². The highest BCUT2D eigenvalue weighted by molar-refractivity contribution is 6.30. The van der Waals surface area contributed by atoms with Crippen molar-refractivity contribution in [1.82, 2.24) is 9.71 Å². The first kappa shape index (κ1) is 9.39. The molecule has 0 saturated heterocycles. The highest BCUT2D eigenvalue weighted by atomic mass is 35.5. The lowest BCUT2D eigenvalue weighted by atomic mass is 10.2. The van der Waals surface area contributed by atoms with Crippen LogP contribution in [0.3, 0.4) is 0 Å². The molecule has 0 aromatic carbocycles. The van der Waals surface area contributed by atoms with E-state index in [-0.39, 0.29) is 0 Å². The predicted molar refractivity (Wildman–Crippen MR) is 47.8 cm³/mol. The predicted octanol–water partition coefficient (Wildman–Crippen LogP) is 2.42. The molecule has 0 spiro atoms. The quantitative estimate of drug-likeness (QED) is 0.740. The number of aromatic nitrogens is 2. The van der Waals surface area contributed by atoms with E-state index < -0.39 is 0 Å². The molecule has 1 N–H and O–H groups in total. The summed E-state index contributed by atoms with van der Waals surface area (Å²) >= 11 is 5.72. The molecule has 4 heteroatoms. The van der Waals surface area contributed by atoms with Gasteiger partial charge >= 0.3 is 0 Å². The van der Waals surface area contributed by atoms with Crippen LogP contribution in [0.15, 0.2) is 0 Å². The summed E-state index contributed by atoms with van der Waals surface area (Å²) in [6, 6.07) is 0. The average Bonchev–Trinajstić information content (AvgIpc) is 2.30. The number of unbranched alkanes of at least 4 members (excludes halogenated alkanes) is 1. The molecule has 0 radical (unpaired) electrons. The molecule has 1 aromatic heterocycles. The van der Waals surface area contributed by atoms with Crippen LogP contribution in [0.25, 0.3) is 0 Å². The number of nitrogens with zero attached hydrogens (tertiary/aromatic N) is 2. The molecule has 68 valence electrons.